The highest BCUT2D eigenvalue weighted by Crippen LogP contribution is 2.29. The van der Waals surface area contributed by atoms with Gasteiger partial charge in [-0.2, -0.15) is 5.26 Å². The Morgan fingerprint density at radius 1 is 1.12 bits per heavy atom. The minimum Gasteiger partial charge on any atom is -0.399 e. The standard InChI is InChI=1S/C13H9ClN2/c14-13-7-11(16)4-5-12(13)10-3-1-2-9(6-10)8-15/h1-7H,16H2. The van der Waals surface area contributed by atoms with Crippen molar-refractivity contribution in [3.8, 4) is 17.2 Å². The largest absolute Gasteiger partial charge is 0.399 e. The van der Waals surface area contributed by atoms with Gasteiger partial charge in [-0.05, 0) is 29.8 Å². The van der Waals surface area contributed by atoms with Crippen LogP contribution in [0.1, 0.15) is 5.56 Å². The number of nitrogens with two attached hydrogens (primary N) is 1. The Balaban J connectivity index is 2.55. The summed E-state index contributed by atoms with van der Waals surface area (Å²) < 4.78 is 0. The fourth-order valence-corrected chi connectivity index (χ4v) is 1.82. The molecule has 0 aliphatic heterocycles. The zero-order chi connectivity index (χ0) is 11.5. The molecule has 0 saturated carbocycles. The van der Waals surface area contributed by atoms with Crippen molar-refractivity contribution in [2.24, 2.45) is 0 Å². The Hall–Kier alpha value is -1.98. The lowest BCUT2D eigenvalue weighted by atomic mass is 10.0. The summed E-state index contributed by atoms with van der Waals surface area (Å²) in [7, 11) is 0. The van der Waals surface area contributed by atoms with Crippen LogP contribution >= 0.6 is 11.6 Å². The highest BCUT2D eigenvalue weighted by Gasteiger charge is 2.04. The van der Waals surface area contributed by atoms with Crippen LogP contribution in [0, 0.1) is 11.3 Å². The summed E-state index contributed by atoms with van der Waals surface area (Å²) in [6.07, 6.45) is 0. The van der Waals surface area contributed by atoms with Gasteiger partial charge in [-0.1, -0.05) is 29.8 Å². The maximum Gasteiger partial charge on any atom is 0.0991 e. The molecule has 2 aromatic rings. The van der Waals surface area contributed by atoms with Gasteiger partial charge in [-0.25, -0.2) is 0 Å². The maximum absolute atomic E-state index is 8.82. The van der Waals surface area contributed by atoms with E-state index in [-0.39, 0.29) is 0 Å². The first-order valence-electron chi connectivity index (χ1n) is 4.76. The average molecular weight is 229 g/mol. The number of rotatable bonds is 1. The minimum absolute atomic E-state index is 0.593. The van der Waals surface area contributed by atoms with Crippen molar-refractivity contribution in [2.75, 3.05) is 5.73 Å². The number of nitrogen functional groups attached to an aromatic ring is 1. The zero-order valence-electron chi connectivity index (χ0n) is 8.44. The Bertz CT molecular complexity index is 570. The highest BCUT2D eigenvalue weighted by molar-refractivity contribution is 6.33. The Morgan fingerprint density at radius 2 is 1.94 bits per heavy atom. The van der Waals surface area contributed by atoms with E-state index in [2.05, 4.69) is 6.07 Å². The molecule has 3 heteroatoms. The van der Waals surface area contributed by atoms with Crippen LogP contribution in [0.3, 0.4) is 0 Å². The Kier molecular flexibility index (Phi) is 2.80. The van der Waals surface area contributed by atoms with Crippen LogP contribution < -0.4 is 5.73 Å². The molecule has 0 amide bonds. The lowest BCUT2D eigenvalue weighted by Crippen LogP contribution is -1.86. The monoisotopic (exact) mass is 228 g/mol. The first-order chi connectivity index (χ1) is 7.70. The highest BCUT2D eigenvalue weighted by atomic mass is 35.5. The Labute approximate surface area is 98.9 Å². The number of hydrogen-bond acceptors (Lipinski definition) is 2. The van der Waals surface area contributed by atoms with Gasteiger partial charge in [0.1, 0.15) is 0 Å². The van der Waals surface area contributed by atoms with Crippen molar-refractivity contribution in [3.63, 3.8) is 0 Å². The third-order valence-corrected chi connectivity index (χ3v) is 2.61. The van der Waals surface area contributed by atoms with Crippen LogP contribution in [-0.2, 0) is 0 Å². The van der Waals surface area contributed by atoms with Gasteiger partial charge >= 0.3 is 0 Å². The van der Waals surface area contributed by atoms with Gasteiger partial charge in [0, 0.05) is 11.3 Å². The third-order valence-electron chi connectivity index (χ3n) is 2.30. The fourth-order valence-electron chi connectivity index (χ4n) is 1.52. The van der Waals surface area contributed by atoms with Crippen LogP contribution in [0.5, 0.6) is 0 Å². The summed E-state index contributed by atoms with van der Waals surface area (Å²) >= 11 is 6.10. The molecule has 78 valence electrons. The summed E-state index contributed by atoms with van der Waals surface area (Å²) in [5, 5.41) is 9.41. The molecule has 16 heavy (non-hydrogen) atoms. The van der Waals surface area contributed by atoms with E-state index in [1.54, 1.807) is 24.3 Å². The lowest BCUT2D eigenvalue weighted by Gasteiger charge is -2.05. The van der Waals surface area contributed by atoms with E-state index in [1.807, 2.05) is 18.2 Å². The molecule has 0 aliphatic rings. The van der Waals surface area contributed by atoms with Crippen molar-refractivity contribution in [1.82, 2.24) is 0 Å². The van der Waals surface area contributed by atoms with Crippen LogP contribution in [0.2, 0.25) is 5.02 Å². The summed E-state index contributed by atoms with van der Waals surface area (Å²) in [6.45, 7) is 0. The summed E-state index contributed by atoms with van der Waals surface area (Å²) in [6, 6.07) is 14.8. The maximum atomic E-state index is 8.82. The molecule has 0 aliphatic carbocycles. The quantitative estimate of drug-likeness (QED) is 0.760. The van der Waals surface area contributed by atoms with E-state index < -0.39 is 0 Å². The molecule has 2 N–H and O–H groups in total. The lowest BCUT2D eigenvalue weighted by molar-refractivity contribution is 1.48. The fraction of sp³-hybridized carbons (Fsp3) is 0. The van der Waals surface area contributed by atoms with Gasteiger partial charge in [-0.15, -0.1) is 0 Å². The second-order valence-corrected chi connectivity index (χ2v) is 3.84. The molecule has 0 radical (unpaired) electrons. The molecule has 0 atom stereocenters. The number of benzene rings is 2. The summed E-state index contributed by atoms with van der Waals surface area (Å²) in [4.78, 5) is 0. The number of hydrogen-bond donors (Lipinski definition) is 1. The molecule has 2 nitrogen and oxygen atoms in total. The van der Waals surface area contributed by atoms with Crippen molar-refractivity contribution >= 4 is 17.3 Å². The van der Waals surface area contributed by atoms with Crippen molar-refractivity contribution in [1.29, 1.82) is 5.26 Å². The second-order valence-electron chi connectivity index (χ2n) is 3.43. The minimum atomic E-state index is 0.593. The molecule has 2 rings (SSSR count). The van der Waals surface area contributed by atoms with E-state index in [9.17, 15) is 0 Å². The van der Waals surface area contributed by atoms with E-state index in [4.69, 9.17) is 22.6 Å². The molecular weight excluding hydrogens is 220 g/mol. The third kappa shape index (κ3) is 2.00. The molecule has 0 unspecified atom stereocenters. The first kappa shape index (κ1) is 10.5. The molecule has 2 aromatic carbocycles. The molecule has 0 spiro atoms. The molecule has 0 bridgehead atoms. The number of halogens is 1. The number of nitriles is 1. The average Bonchev–Trinajstić information content (AvgIpc) is 2.29. The Morgan fingerprint density at radius 3 is 2.62 bits per heavy atom. The molecule has 0 heterocycles. The predicted molar refractivity (Wildman–Crippen MR) is 66.0 cm³/mol. The second kappa shape index (κ2) is 4.26. The van der Waals surface area contributed by atoms with Crippen molar-refractivity contribution in [2.45, 2.75) is 0 Å². The summed E-state index contributed by atoms with van der Waals surface area (Å²) in [5.41, 5.74) is 8.67. The molecule has 0 saturated heterocycles. The van der Waals surface area contributed by atoms with Crippen molar-refractivity contribution in [3.05, 3.63) is 53.1 Å². The van der Waals surface area contributed by atoms with Crippen LogP contribution in [-0.4, -0.2) is 0 Å². The van der Waals surface area contributed by atoms with Gasteiger partial charge in [-0.3, -0.25) is 0 Å². The van der Waals surface area contributed by atoms with Gasteiger partial charge in [0.15, 0.2) is 0 Å². The number of anilines is 1. The van der Waals surface area contributed by atoms with Gasteiger partial charge in [0.25, 0.3) is 0 Å². The SMILES string of the molecule is N#Cc1cccc(-c2ccc(N)cc2Cl)c1. The van der Waals surface area contributed by atoms with E-state index >= 15 is 0 Å². The normalized spacial score (nSPS) is 9.75. The molecular formula is C13H9ClN2. The summed E-state index contributed by atoms with van der Waals surface area (Å²) in [5.74, 6) is 0. The predicted octanol–water partition coefficient (Wildman–Crippen LogP) is 3.46. The topological polar surface area (TPSA) is 49.8 Å². The van der Waals surface area contributed by atoms with Gasteiger partial charge < -0.3 is 5.73 Å². The van der Waals surface area contributed by atoms with E-state index in [0.717, 1.165) is 11.1 Å². The van der Waals surface area contributed by atoms with Gasteiger partial charge in [0.05, 0.1) is 16.7 Å². The van der Waals surface area contributed by atoms with E-state index in [1.165, 1.54) is 0 Å². The van der Waals surface area contributed by atoms with Crippen LogP contribution in [0.25, 0.3) is 11.1 Å². The molecule has 0 fully saturated rings. The smallest absolute Gasteiger partial charge is 0.0991 e. The first-order valence-corrected chi connectivity index (χ1v) is 5.14. The number of nitrogens with zero attached hydrogens (tertiary/aromatic N) is 1. The van der Waals surface area contributed by atoms with Crippen LogP contribution in [0.15, 0.2) is 42.5 Å². The molecule has 0 aromatic heterocycles. The van der Waals surface area contributed by atoms with Crippen LogP contribution in [0.4, 0.5) is 5.69 Å². The van der Waals surface area contributed by atoms with Gasteiger partial charge in [0.2, 0.25) is 0 Å². The van der Waals surface area contributed by atoms with Crippen molar-refractivity contribution < 1.29 is 0 Å². The van der Waals surface area contributed by atoms with E-state index in [0.29, 0.717) is 16.3 Å². The zero-order valence-corrected chi connectivity index (χ0v) is 9.20.